The standard InChI is InChI=1S/C31H37N3O4S/c1-23-14-18-28(19-15-23)39(36,37)38-30(2)33(3)20-21-34(30)27-17-16-26(22-27)31(29(32)35,24-10-6-4-7-11-24)25-12-8-5-9-13-25/h4-15,18-19,26-27H,16-17,20-22H2,1-3H3,(H2,32,35)/q+1. The summed E-state index contributed by atoms with van der Waals surface area (Å²) in [4.78, 5) is 17.7. The van der Waals surface area contributed by atoms with Gasteiger partial charge in [-0.25, -0.2) is 4.90 Å². The highest BCUT2D eigenvalue weighted by atomic mass is 32.2. The Morgan fingerprint density at radius 3 is 2.08 bits per heavy atom. The van der Waals surface area contributed by atoms with Crippen LogP contribution in [0.3, 0.4) is 0 Å². The predicted octanol–water partition coefficient (Wildman–Crippen LogP) is 4.10. The molecule has 7 nitrogen and oxygen atoms in total. The Bertz CT molecular complexity index is 1370. The average molecular weight is 548 g/mol. The Hall–Kier alpha value is -3.04. The van der Waals surface area contributed by atoms with Gasteiger partial charge in [0.05, 0.1) is 11.4 Å². The minimum absolute atomic E-state index is 0.0179. The summed E-state index contributed by atoms with van der Waals surface area (Å²) in [6.07, 6.45) is 2.26. The first-order valence-electron chi connectivity index (χ1n) is 13.5. The minimum atomic E-state index is -4.01. The van der Waals surface area contributed by atoms with Gasteiger partial charge in [0.1, 0.15) is 19.0 Å². The van der Waals surface area contributed by atoms with Crippen LogP contribution in [-0.4, -0.2) is 51.3 Å². The van der Waals surface area contributed by atoms with Gasteiger partial charge >= 0.3 is 16.0 Å². The van der Waals surface area contributed by atoms with Gasteiger partial charge in [0.2, 0.25) is 5.91 Å². The van der Waals surface area contributed by atoms with E-state index >= 15 is 0 Å². The van der Waals surface area contributed by atoms with Crippen molar-refractivity contribution in [3.63, 3.8) is 0 Å². The van der Waals surface area contributed by atoms with E-state index < -0.39 is 21.4 Å². The van der Waals surface area contributed by atoms with Crippen molar-refractivity contribution in [1.82, 2.24) is 9.80 Å². The Kier molecular flexibility index (Phi) is 7.41. The summed E-state index contributed by atoms with van der Waals surface area (Å²) in [5, 5.41) is 0. The first-order valence-corrected chi connectivity index (χ1v) is 14.9. The second-order valence-electron chi connectivity index (χ2n) is 11.0. The molecular formula is C31H37N3O4S+. The van der Waals surface area contributed by atoms with E-state index in [1.807, 2.05) is 86.5 Å². The second-order valence-corrected chi connectivity index (χ2v) is 12.5. The average Bonchev–Trinajstić information content (AvgIpc) is 3.50. The summed E-state index contributed by atoms with van der Waals surface area (Å²) in [5.41, 5.74) is 8.04. The molecule has 1 amide bonds. The molecule has 205 valence electrons. The van der Waals surface area contributed by atoms with E-state index in [0.717, 1.165) is 29.5 Å². The lowest BCUT2D eigenvalue weighted by molar-refractivity contribution is -0.124. The Balaban J connectivity index is 1.48. The first kappa shape index (κ1) is 27.5. The summed E-state index contributed by atoms with van der Waals surface area (Å²) in [5.74, 6) is -1.59. The van der Waals surface area contributed by atoms with Gasteiger partial charge in [-0.05, 0) is 55.4 Å². The predicted molar refractivity (Wildman–Crippen MR) is 151 cm³/mol. The van der Waals surface area contributed by atoms with Gasteiger partial charge in [-0.1, -0.05) is 78.4 Å². The number of aryl methyl sites for hydroxylation is 1. The van der Waals surface area contributed by atoms with Crippen molar-refractivity contribution in [2.24, 2.45) is 11.7 Å². The lowest BCUT2D eigenvalue weighted by atomic mass is 9.64. The molecule has 8 heteroatoms. The van der Waals surface area contributed by atoms with Gasteiger partial charge in [0.25, 0.3) is 0 Å². The third kappa shape index (κ3) is 4.80. The van der Waals surface area contributed by atoms with E-state index in [0.29, 0.717) is 19.5 Å². The van der Waals surface area contributed by atoms with Crippen LogP contribution < -0.4 is 10.6 Å². The van der Waals surface area contributed by atoms with Crippen LogP contribution in [0.15, 0.2) is 89.8 Å². The molecule has 1 heterocycles. The number of hydrogen-bond acceptors (Lipinski definition) is 6. The lowest BCUT2D eigenvalue weighted by Crippen LogP contribution is -2.58. The molecule has 3 aromatic rings. The molecule has 2 aliphatic rings. The molecule has 5 rings (SSSR count). The fraction of sp³-hybridized carbons (Fsp3) is 0.387. The van der Waals surface area contributed by atoms with Crippen molar-refractivity contribution in [3.05, 3.63) is 102 Å². The number of likely N-dealkylation sites (N-methyl/N-ethyl adjacent to an activating group) is 1. The van der Waals surface area contributed by atoms with Crippen LogP contribution >= 0.6 is 0 Å². The van der Waals surface area contributed by atoms with Crippen LogP contribution in [0, 0.1) is 12.8 Å². The number of hydrogen-bond donors (Lipinski definition) is 1. The van der Waals surface area contributed by atoms with Crippen molar-refractivity contribution in [3.8, 4) is 0 Å². The zero-order valence-electron chi connectivity index (χ0n) is 22.8. The molecule has 39 heavy (non-hydrogen) atoms. The van der Waals surface area contributed by atoms with E-state index in [2.05, 4.69) is 4.90 Å². The number of carbonyl (C=O) groups is 1. The summed E-state index contributed by atoms with van der Waals surface area (Å²) in [6, 6.07) is 26.3. The third-order valence-corrected chi connectivity index (χ3v) is 10.2. The number of benzene rings is 3. The van der Waals surface area contributed by atoms with Gasteiger partial charge < -0.3 is 5.73 Å². The number of nitrogens with two attached hydrogens (primary N) is 1. The molecule has 3 unspecified atom stereocenters. The smallest absolute Gasteiger partial charge is 0.322 e. The molecular weight excluding hydrogens is 510 g/mol. The maximum absolute atomic E-state index is 13.5. The summed E-state index contributed by atoms with van der Waals surface area (Å²) in [7, 11) is -2.13. The van der Waals surface area contributed by atoms with Crippen molar-refractivity contribution < 1.29 is 17.4 Å². The summed E-state index contributed by atoms with van der Waals surface area (Å²) < 4.78 is 32.7. The maximum Gasteiger partial charge on any atom is 0.322 e. The van der Waals surface area contributed by atoms with Crippen LogP contribution in [0.4, 0.5) is 0 Å². The van der Waals surface area contributed by atoms with Gasteiger partial charge in [0, 0.05) is 13.0 Å². The van der Waals surface area contributed by atoms with Crippen molar-refractivity contribution in [1.29, 1.82) is 0 Å². The fourth-order valence-electron chi connectivity index (χ4n) is 6.65. The highest BCUT2D eigenvalue weighted by Crippen LogP contribution is 2.49. The zero-order valence-corrected chi connectivity index (χ0v) is 23.6. The van der Waals surface area contributed by atoms with E-state index in [9.17, 15) is 13.2 Å². The maximum atomic E-state index is 13.5. The van der Waals surface area contributed by atoms with Crippen LogP contribution in [0.5, 0.6) is 0 Å². The fourth-order valence-corrected chi connectivity index (χ4v) is 7.85. The normalized spacial score (nSPS) is 24.7. The summed E-state index contributed by atoms with van der Waals surface area (Å²) in [6.45, 7) is 5.07. The van der Waals surface area contributed by atoms with Gasteiger partial charge in [0.15, 0.2) is 0 Å². The quantitative estimate of drug-likeness (QED) is 0.338. The molecule has 1 saturated heterocycles. The molecule has 0 spiro atoms. The van der Waals surface area contributed by atoms with E-state index in [4.69, 9.17) is 9.92 Å². The Labute approximate surface area is 231 Å². The topological polar surface area (TPSA) is 95.6 Å². The van der Waals surface area contributed by atoms with Crippen molar-refractivity contribution in [2.45, 2.75) is 55.3 Å². The molecule has 3 atom stereocenters. The van der Waals surface area contributed by atoms with Crippen LogP contribution in [0.1, 0.15) is 42.9 Å². The number of carbonyl (C=O) groups excluding carboxylic acids is 1. The minimum Gasteiger partial charge on any atom is -0.369 e. The molecule has 0 bridgehead atoms. The van der Waals surface area contributed by atoms with Gasteiger partial charge in [-0.3, -0.25) is 4.79 Å². The Morgan fingerprint density at radius 2 is 1.54 bits per heavy atom. The second kappa shape index (κ2) is 10.5. The molecule has 2 N–H and O–H groups in total. The summed E-state index contributed by atoms with van der Waals surface area (Å²) >= 11 is 0. The first-order chi connectivity index (χ1) is 18.6. The van der Waals surface area contributed by atoms with Crippen LogP contribution in [0.25, 0.3) is 0 Å². The number of nitrogens with zero attached hydrogens (tertiary/aromatic N) is 2. The largest absolute Gasteiger partial charge is 0.369 e. The van der Waals surface area contributed by atoms with Crippen molar-refractivity contribution >= 4 is 16.0 Å². The number of primary amides is 1. The molecule has 1 radical (unpaired) electrons. The SMILES string of the molecule is Cc1ccc(S(=O)(=O)OC2(C)N(C3CCC(C(C(N)=O)(c4ccccc4)c4ccccc4)C3)CC[N+]2C)cc1. The molecule has 3 aromatic carbocycles. The highest BCUT2D eigenvalue weighted by Gasteiger charge is 2.59. The molecule has 2 fully saturated rings. The van der Waals surface area contributed by atoms with E-state index in [1.54, 1.807) is 24.3 Å². The monoisotopic (exact) mass is 547 g/mol. The van der Waals surface area contributed by atoms with Crippen LogP contribution in [0.2, 0.25) is 0 Å². The molecule has 1 aliphatic carbocycles. The Morgan fingerprint density at radius 1 is 0.974 bits per heavy atom. The third-order valence-electron chi connectivity index (χ3n) is 8.80. The number of amides is 1. The molecule has 1 aliphatic heterocycles. The van der Waals surface area contributed by atoms with Gasteiger partial charge in [-0.2, -0.15) is 12.6 Å². The number of rotatable bonds is 8. The van der Waals surface area contributed by atoms with E-state index in [-0.39, 0.29) is 22.8 Å². The molecule has 0 aromatic heterocycles. The zero-order chi connectivity index (χ0) is 27.8. The van der Waals surface area contributed by atoms with Crippen LogP contribution in [-0.2, 0) is 24.5 Å². The van der Waals surface area contributed by atoms with Gasteiger partial charge in [-0.15, -0.1) is 4.90 Å². The van der Waals surface area contributed by atoms with Crippen molar-refractivity contribution in [2.75, 3.05) is 20.1 Å². The lowest BCUT2D eigenvalue weighted by Gasteiger charge is -2.39. The molecule has 1 saturated carbocycles. The highest BCUT2D eigenvalue weighted by molar-refractivity contribution is 7.86. The van der Waals surface area contributed by atoms with E-state index in [1.165, 1.54) is 0 Å².